The Morgan fingerprint density at radius 1 is 1.57 bits per heavy atom. The molecule has 1 saturated heterocycles. The van der Waals surface area contributed by atoms with E-state index in [0.29, 0.717) is 18.2 Å². The third-order valence-electron chi connectivity index (χ3n) is 1.71. The number of carbonyl (C=O) groups is 2. The molecule has 0 bridgehead atoms. The van der Waals surface area contributed by atoms with Crippen molar-refractivity contribution in [1.82, 2.24) is 15.3 Å². The van der Waals surface area contributed by atoms with Crippen molar-refractivity contribution in [3.05, 3.63) is 0 Å². The first kappa shape index (κ1) is 10.7. The maximum absolute atomic E-state index is 10.7. The van der Waals surface area contributed by atoms with Crippen LogP contribution in [0.25, 0.3) is 0 Å². The molecule has 6 nitrogen and oxygen atoms in total. The molecule has 1 rings (SSSR count). The Morgan fingerprint density at radius 2 is 2.21 bits per heavy atom. The van der Waals surface area contributed by atoms with E-state index in [4.69, 9.17) is 17.3 Å². The number of hydrazine groups is 1. The van der Waals surface area contributed by atoms with Crippen molar-refractivity contribution in [2.45, 2.75) is 6.92 Å². The second-order valence-electron chi connectivity index (χ2n) is 2.92. The van der Waals surface area contributed by atoms with Crippen molar-refractivity contribution in [3.8, 4) is 0 Å². The van der Waals surface area contributed by atoms with Gasteiger partial charge in [0.2, 0.25) is 5.91 Å². The Hall–Kier alpha value is -1.37. The standard InChI is InChI=1S/C7H11N3O3S/c1-5(11)8-10-3-2-9(7(10)14)4-6(12)13/h2-4H2,1H3,(H,8,11)(H,12,13). The number of nitrogens with one attached hydrogen (secondary N) is 1. The molecule has 2 N–H and O–H groups in total. The summed E-state index contributed by atoms with van der Waals surface area (Å²) < 4.78 is 0. The maximum atomic E-state index is 10.7. The van der Waals surface area contributed by atoms with E-state index in [-0.39, 0.29) is 12.5 Å². The maximum Gasteiger partial charge on any atom is 0.323 e. The number of carboxylic acid groups (broad SMARTS) is 1. The Morgan fingerprint density at radius 3 is 2.71 bits per heavy atom. The van der Waals surface area contributed by atoms with Crippen LogP contribution in [0.3, 0.4) is 0 Å². The van der Waals surface area contributed by atoms with E-state index in [1.807, 2.05) is 0 Å². The summed E-state index contributed by atoms with van der Waals surface area (Å²) in [5, 5.41) is 10.4. The van der Waals surface area contributed by atoms with Gasteiger partial charge in [-0.3, -0.25) is 20.0 Å². The number of amides is 1. The Labute approximate surface area is 86.4 Å². The zero-order valence-corrected chi connectivity index (χ0v) is 8.50. The highest BCUT2D eigenvalue weighted by Crippen LogP contribution is 2.05. The summed E-state index contributed by atoms with van der Waals surface area (Å²) in [6.07, 6.45) is 0. The monoisotopic (exact) mass is 217 g/mol. The zero-order chi connectivity index (χ0) is 10.7. The van der Waals surface area contributed by atoms with Crippen LogP contribution < -0.4 is 5.43 Å². The van der Waals surface area contributed by atoms with Crippen molar-refractivity contribution in [2.75, 3.05) is 19.6 Å². The number of carboxylic acids is 1. The molecule has 0 radical (unpaired) electrons. The number of carbonyl (C=O) groups excluding carboxylic acids is 1. The molecule has 0 unspecified atom stereocenters. The highest BCUT2D eigenvalue weighted by molar-refractivity contribution is 7.80. The van der Waals surface area contributed by atoms with Crippen LogP contribution in [-0.4, -0.2) is 51.6 Å². The largest absolute Gasteiger partial charge is 0.480 e. The van der Waals surface area contributed by atoms with E-state index in [1.165, 1.54) is 16.8 Å². The lowest BCUT2D eigenvalue weighted by Gasteiger charge is -2.20. The van der Waals surface area contributed by atoms with Gasteiger partial charge in [-0.1, -0.05) is 0 Å². The highest BCUT2D eigenvalue weighted by Gasteiger charge is 2.26. The Kier molecular flexibility index (Phi) is 3.23. The molecule has 78 valence electrons. The van der Waals surface area contributed by atoms with Crippen molar-refractivity contribution < 1.29 is 14.7 Å². The average Bonchev–Trinajstić information content (AvgIpc) is 2.34. The molecule has 1 aliphatic rings. The summed E-state index contributed by atoms with van der Waals surface area (Å²) in [7, 11) is 0. The zero-order valence-electron chi connectivity index (χ0n) is 7.69. The molecule has 1 fully saturated rings. The van der Waals surface area contributed by atoms with E-state index >= 15 is 0 Å². The van der Waals surface area contributed by atoms with E-state index in [2.05, 4.69) is 5.43 Å². The van der Waals surface area contributed by atoms with Gasteiger partial charge in [0.1, 0.15) is 6.54 Å². The topological polar surface area (TPSA) is 72.9 Å². The minimum absolute atomic E-state index is 0.130. The molecule has 0 spiro atoms. The van der Waals surface area contributed by atoms with Gasteiger partial charge in [0.15, 0.2) is 5.11 Å². The predicted molar refractivity (Wildman–Crippen MR) is 52.3 cm³/mol. The molecule has 1 aliphatic heterocycles. The van der Waals surface area contributed by atoms with Gasteiger partial charge >= 0.3 is 5.97 Å². The van der Waals surface area contributed by atoms with Crippen LogP contribution in [-0.2, 0) is 9.59 Å². The van der Waals surface area contributed by atoms with Crippen molar-refractivity contribution in [1.29, 1.82) is 0 Å². The van der Waals surface area contributed by atoms with Crippen molar-refractivity contribution >= 4 is 29.2 Å². The van der Waals surface area contributed by atoms with Gasteiger partial charge < -0.3 is 10.0 Å². The van der Waals surface area contributed by atoms with Crippen LogP contribution in [0, 0.1) is 0 Å². The van der Waals surface area contributed by atoms with Crippen LogP contribution in [0.15, 0.2) is 0 Å². The van der Waals surface area contributed by atoms with E-state index in [9.17, 15) is 9.59 Å². The molecule has 0 aromatic heterocycles. The van der Waals surface area contributed by atoms with Gasteiger partial charge in [-0.05, 0) is 12.2 Å². The van der Waals surface area contributed by atoms with E-state index < -0.39 is 5.97 Å². The van der Waals surface area contributed by atoms with Gasteiger partial charge in [-0.2, -0.15) is 0 Å². The SMILES string of the molecule is CC(=O)NN1CCN(CC(=O)O)C1=S. The molecule has 0 saturated carbocycles. The quantitative estimate of drug-likeness (QED) is 0.592. The Bertz CT molecular complexity index is 255. The van der Waals surface area contributed by atoms with Gasteiger partial charge in [0.25, 0.3) is 0 Å². The number of hydrogen-bond acceptors (Lipinski definition) is 3. The molecular formula is C7H11N3O3S. The van der Waals surface area contributed by atoms with Crippen LogP contribution in [0.4, 0.5) is 0 Å². The summed E-state index contributed by atoms with van der Waals surface area (Å²) in [5.74, 6) is -1.15. The first-order valence-corrected chi connectivity index (χ1v) is 4.47. The van der Waals surface area contributed by atoms with Crippen molar-refractivity contribution in [2.24, 2.45) is 0 Å². The first-order chi connectivity index (χ1) is 6.50. The molecule has 14 heavy (non-hydrogen) atoms. The summed E-state index contributed by atoms with van der Waals surface area (Å²) in [6, 6.07) is 0. The lowest BCUT2D eigenvalue weighted by atomic mass is 10.5. The lowest BCUT2D eigenvalue weighted by molar-refractivity contribution is -0.137. The van der Waals surface area contributed by atoms with Crippen LogP contribution in [0.1, 0.15) is 6.92 Å². The van der Waals surface area contributed by atoms with Crippen LogP contribution >= 0.6 is 12.2 Å². The number of aliphatic carboxylic acids is 1. The molecule has 1 heterocycles. The normalized spacial score (nSPS) is 15.9. The van der Waals surface area contributed by atoms with E-state index in [0.717, 1.165) is 0 Å². The highest BCUT2D eigenvalue weighted by atomic mass is 32.1. The predicted octanol–water partition coefficient (Wildman–Crippen LogP) is -0.975. The van der Waals surface area contributed by atoms with Gasteiger partial charge in [-0.15, -0.1) is 0 Å². The Balaban J connectivity index is 2.51. The fourth-order valence-corrected chi connectivity index (χ4v) is 1.48. The van der Waals surface area contributed by atoms with E-state index in [1.54, 1.807) is 0 Å². The molecule has 0 aliphatic carbocycles. The third kappa shape index (κ3) is 2.56. The number of thiocarbonyl (C=S) groups is 1. The lowest BCUT2D eigenvalue weighted by Crippen LogP contribution is -2.44. The number of nitrogens with zero attached hydrogens (tertiary/aromatic N) is 2. The van der Waals surface area contributed by atoms with Gasteiger partial charge in [0, 0.05) is 13.5 Å². The minimum Gasteiger partial charge on any atom is -0.480 e. The molecule has 1 amide bonds. The fraction of sp³-hybridized carbons (Fsp3) is 0.571. The molecular weight excluding hydrogens is 206 g/mol. The van der Waals surface area contributed by atoms with Crippen LogP contribution in [0.2, 0.25) is 0 Å². The molecule has 0 atom stereocenters. The van der Waals surface area contributed by atoms with Crippen LogP contribution in [0.5, 0.6) is 0 Å². The summed E-state index contributed by atoms with van der Waals surface area (Å²) in [6.45, 7) is 2.29. The number of rotatable bonds is 3. The summed E-state index contributed by atoms with van der Waals surface area (Å²) in [4.78, 5) is 22.7. The van der Waals surface area contributed by atoms with Gasteiger partial charge in [0.05, 0.1) is 6.54 Å². The third-order valence-corrected chi connectivity index (χ3v) is 2.19. The number of hydrogen-bond donors (Lipinski definition) is 2. The first-order valence-electron chi connectivity index (χ1n) is 4.06. The van der Waals surface area contributed by atoms with Crippen molar-refractivity contribution in [3.63, 3.8) is 0 Å². The minimum atomic E-state index is -0.933. The molecule has 0 aromatic carbocycles. The smallest absolute Gasteiger partial charge is 0.323 e. The molecule has 0 aromatic rings. The summed E-state index contributed by atoms with van der Waals surface area (Å²) in [5.41, 5.74) is 2.51. The fourth-order valence-electron chi connectivity index (χ4n) is 1.19. The average molecular weight is 217 g/mol. The van der Waals surface area contributed by atoms with Gasteiger partial charge in [-0.25, -0.2) is 0 Å². The second kappa shape index (κ2) is 4.23. The second-order valence-corrected chi connectivity index (χ2v) is 3.28. The molecule has 7 heteroatoms. The summed E-state index contributed by atoms with van der Waals surface area (Å²) >= 11 is 4.97.